The smallest absolute Gasteiger partial charge is 0.223 e. The number of H-pyrrole nitrogens is 1. The van der Waals surface area contributed by atoms with E-state index >= 15 is 0 Å². The molecule has 0 aliphatic heterocycles. The van der Waals surface area contributed by atoms with Gasteiger partial charge in [0.15, 0.2) is 0 Å². The molecule has 0 aliphatic carbocycles. The van der Waals surface area contributed by atoms with Gasteiger partial charge in [-0.3, -0.25) is 15.1 Å². The van der Waals surface area contributed by atoms with Crippen molar-refractivity contribution in [2.24, 2.45) is 0 Å². The number of amides is 1. The van der Waals surface area contributed by atoms with Crippen LogP contribution in [0.3, 0.4) is 0 Å². The minimum atomic E-state index is -0.230. The molecule has 0 fully saturated rings. The van der Waals surface area contributed by atoms with Crippen LogP contribution in [0.1, 0.15) is 26.3 Å². The predicted molar refractivity (Wildman–Crippen MR) is 122 cm³/mol. The van der Waals surface area contributed by atoms with Gasteiger partial charge in [0.25, 0.3) is 0 Å². The Balaban J connectivity index is 1.46. The first-order valence-corrected chi connectivity index (χ1v) is 10.0. The number of hydrogen-bond acceptors (Lipinski definition) is 4. The van der Waals surface area contributed by atoms with E-state index in [1.165, 1.54) is 19.1 Å². The molecule has 4 aromatic rings. The van der Waals surface area contributed by atoms with Crippen LogP contribution in [0.4, 0.5) is 16.0 Å². The molecule has 2 aromatic carbocycles. The molecule has 7 heteroatoms. The molecule has 1 amide bonds. The van der Waals surface area contributed by atoms with Crippen LogP contribution in [0, 0.1) is 5.82 Å². The summed E-state index contributed by atoms with van der Waals surface area (Å²) in [7, 11) is 0. The number of fused-ring (bicyclic) bond motifs is 1. The highest BCUT2D eigenvalue weighted by atomic mass is 19.1. The number of benzene rings is 2. The maximum atomic E-state index is 13.2. The number of nitrogens with one attached hydrogen (secondary N) is 3. The van der Waals surface area contributed by atoms with E-state index < -0.39 is 0 Å². The van der Waals surface area contributed by atoms with Crippen LogP contribution in [0.2, 0.25) is 0 Å². The van der Waals surface area contributed by atoms with Gasteiger partial charge >= 0.3 is 0 Å². The molecule has 0 aliphatic rings. The van der Waals surface area contributed by atoms with Gasteiger partial charge in [-0.05, 0) is 42.0 Å². The lowest BCUT2D eigenvalue weighted by atomic mass is 9.84. The van der Waals surface area contributed by atoms with Gasteiger partial charge in [-0.2, -0.15) is 0 Å². The molecule has 158 valence electrons. The quantitative estimate of drug-likeness (QED) is 0.407. The van der Waals surface area contributed by atoms with Crippen molar-refractivity contribution in [3.05, 3.63) is 72.2 Å². The minimum absolute atomic E-state index is 0.163. The summed E-state index contributed by atoms with van der Waals surface area (Å²) in [6.45, 7) is 6.36. The third-order valence-corrected chi connectivity index (χ3v) is 5.20. The second kappa shape index (κ2) is 8.18. The van der Waals surface area contributed by atoms with Crippen LogP contribution in [0.5, 0.6) is 0 Å². The van der Waals surface area contributed by atoms with E-state index in [0.717, 1.165) is 33.5 Å². The van der Waals surface area contributed by atoms with E-state index in [1.807, 2.05) is 42.5 Å². The summed E-state index contributed by atoms with van der Waals surface area (Å²) in [6.07, 6.45) is 1.80. The fourth-order valence-electron chi connectivity index (χ4n) is 3.39. The standard InChI is InChI=1S/C24H24FN5O/c1-15(31)28-23-29-21-10-4-16(12-22(21)30-23)20-11-9-19(13-26-20)27-14-24(2,3)17-5-7-18(25)8-6-17/h4-13,27H,14H2,1-3H3,(H2,28,29,30,31). The Bertz CT molecular complexity index is 1210. The second-order valence-corrected chi connectivity index (χ2v) is 8.17. The zero-order valence-corrected chi connectivity index (χ0v) is 17.7. The van der Waals surface area contributed by atoms with E-state index in [2.05, 4.69) is 39.4 Å². The lowest BCUT2D eigenvalue weighted by molar-refractivity contribution is -0.114. The van der Waals surface area contributed by atoms with E-state index in [-0.39, 0.29) is 17.1 Å². The highest BCUT2D eigenvalue weighted by molar-refractivity contribution is 5.90. The van der Waals surface area contributed by atoms with Crippen LogP contribution in [-0.2, 0) is 10.2 Å². The molecular formula is C24H24FN5O. The Morgan fingerprint density at radius 2 is 1.87 bits per heavy atom. The summed E-state index contributed by atoms with van der Waals surface area (Å²) in [6, 6.07) is 16.4. The van der Waals surface area contributed by atoms with Crippen molar-refractivity contribution < 1.29 is 9.18 Å². The highest BCUT2D eigenvalue weighted by Crippen LogP contribution is 2.26. The fourth-order valence-corrected chi connectivity index (χ4v) is 3.39. The Labute approximate surface area is 179 Å². The summed E-state index contributed by atoms with van der Waals surface area (Å²) in [5.41, 5.74) is 5.20. The van der Waals surface area contributed by atoms with Crippen LogP contribution in [0.15, 0.2) is 60.8 Å². The summed E-state index contributed by atoms with van der Waals surface area (Å²) in [5, 5.41) is 6.07. The topological polar surface area (TPSA) is 82.7 Å². The van der Waals surface area contributed by atoms with Gasteiger partial charge in [0.05, 0.1) is 28.6 Å². The molecule has 0 saturated carbocycles. The van der Waals surface area contributed by atoms with Crippen LogP contribution >= 0.6 is 0 Å². The average molecular weight is 417 g/mol. The maximum absolute atomic E-state index is 13.2. The number of pyridine rings is 1. The van der Waals surface area contributed by atoms with Gasteiger partial charge in [0, 0.05) is 24.4 Å². The van der Waals surface area contributed by atoms with Gasteiger partial charge in [-0.1, -0.05) is 32.0 Å². The first-order valence-electron chi connectivity index (χ1n) is 10.0. The van der Waals surface area contributed by atoms with E-state index in [1.54, 1.807) is 6.20 Å². The van der Waals surface area contributed by atoms with Gasteiger partial charge in [0.2, 0.25) is 11.9 Å². The summed E-state index contributed by atoms with van der Waals surface area (Å²) >= 11 is 0. The molecule has 0 unspecified atom stereocenters. The number of hydrogen-bond donors (Lipinski definition) is 3. The number of rotatable bonds is 6. The number of imidazole rings is 1. The molecule has 2 heterocycles. The average Bonchev–Trinajstić information content (AvgIpc) is 3.13. The molecule has 0 saturated heterocycles. The first-order chi connectivity index (χ1) is 14.8. The third-order valence-electron chi connectivity index (χ3n) is 5.20. The molecule has 31 heavy (non-hydrogen) atoms. The monoisotopic (exact) mass is 417 g/mol. The van der Waals surface area contributed by atoms with E-state index in [4.69, 9.17) is 0 Å². The van der Waals surface area contributed by atoms with E-state index in [9.17, 15) is 9.18 Å². The molecule has 4 rings (SSSR count). The molecule has 0 radical (unpaired) electrons. The van der Waals surface area contributed by atoms with Gasteiger partial charge in [0.1, 0.15) is 5.82 Å². The molecule has 2 aromatic heterocycles. The Morgan fingerprint density at radius 3 is 2.55 bits per heavy atom. The largest absolute Gasteiger partial charge is 0.383 e. The van der Waals surface area contributed by atoms with Crippen molar-refractivity contribution in [3.8, 4) is 11.3 Å². The Hall–Kier alpha value is -3.74. The van der Waals surface area contributed by atoms with Gasteiger partial charge in [-0.15, -0.1) is 0 Å². The lowest BCUT2D eigenvalue weighted by Crippen LogP contribution is -2.27. The summed E-state index contributed by atoms with van der Waals surface area (Å²) in [5.74, 6) is 0.0227. The van der Waals surface area contributed by atoms with Crippen LogP contribution in [-0.4, -0.2) is 27.4 Å². The first kappa shape index (κ1) is 20.5. The van der Waals surface area contributed by atoms with Crippen LogP contribution in [0.25, 0.3) is 22.3 Å². The van der Waals surface area contributed by atoms with E-state index in [0.29, 0.717) is 12.5 Å². The minimum Gasteiger partial charge on any atom is -0.383 e. The predicted octanol–water partition coefficient (Wildman–Crippen LogP) is 5.11. The Kier molecular flexibility index (Phi) is 5.42. The van der Waals surface area contributed by atoms with Crippen molar-refractivity contribution in [1.82, 2.24) is 15.0 Å². The molecular weight excluding hydrogens is 393 g/mol. The molecule has 0 bridgehead atoms. The van der Waals surface area contributed by atoms with Crippen molar-refractivity contribution in [3.63, 3.8) is 0 Å². The number of aromatic nitrogens is 3. The SMILES string of the molecule is CC(=O)Nc1nc2ccc(-c3ccc(NCC(C)(C)c4ccc(F)cc4)cn3)cc2[nH]1. The van der Waals surface area contributed by atoms with Gasteiger partial charge < -0.3 is 10.3 Å². The number of aromatic amines is 1. The zero-order valence-electron chi connectivity index (χ0n) is 17.7. The fraction of sp³-hybridized carbons (Fsp3) is 0.208. The second-order valence-electron chi connectivity index (χ2n) is 8.17. The molecule has 0 atom stereocenters. The van der Waals surface area contributed by atoms with Crippen molar-refractivity contribution >= 4 is 28.6 Å². The number of carbonyl (C=O) groups excluding carboxylic acids is 1. The normalized spacial score (nSPS) is 11.5. The summed E-state index contributed by atoms with van der Waals surface area (Å²) in [4.78, 5) is 23.2. The molecule has 0 spiro atoms. The highest BCUT2D eigenvalue weighted by Gasteiger charge is 2.20. The number of nitrogens with zero attached hydrogens (tertiary/aromatic N) is 2. The van der Waals surface area contributed by atoms with Crippen molar-refractivity contribution in [1.29, 1.82) is 0 Å². The van der Waals surface area contributed by atoms with Crippen molar-refractivity contribution in [2.45, 2.75) is 26.2 Å². The van der Waals surface area contributed by atoms with Crippen molar-refractivity contribution in [2.75, 3.05) is 17.2 Å². The number of anilines is 2. The molecule has 6 nitrogen and oxygen atoms in total. The maximum Gasteiger partial charge on any atom is 0.223 e. The Morgan fingerprint density at radius 1 is 1.10 bits per heavy atom. The number of carbonyl (C=O) groups is 1. The van der Waals surface area contributed by atoms with Crippen LogP contribution < -0.4 is 10.6 Å². The van der Waals surface area contributed by atoms with Gasteiger partial charge in [-0.25, -0.2) is 9.37 Å². The molecule has 3 N–H and O–H groups in total. The number of halogens is 1. The third kappa shape index (κ3) is 4.71. The summed E-state index contributed by atoms with van der Waals surface area (Å²) < 4.78 is 13.2. The zero-order chi connectivity index (χ0) is 22.0. The lowest BCUT2D eigenvalue weighted by Gasteiger charge is -2.26.